The van der Waals surface area contributed by atoms with E-state index < -0.39 is 0 Å². The molecule has 2 aromatic rings. The Morgan fingerprint density at radius 3 is 2.67 bits per heavy atom. The van der Waals surface area contributed by atoms with Crippen LogP contribution in [0.5, 0.6) is 0 Å². The number of hydrogen-bond acceptors (Lipinski definition) is 3. The van der Waals surface area contributed by atoms with Crippen molar-refractivity contribution in [1.82, 2.24) is 19.8 Å². The monoisotopic (exact) mass is 388 g/mol. The number of halogens is 1. The third kappa shape index (κ3) is 4.00. The second-order valence-electron chi connectivity index (χ2n) is 6.59. The molecule has 0 saturated heterocycles. The van der Waals surface area contributed by atoms with Gasteiger partial charge in [-0.3, -0.25) is 9.59 Å². The van der Waals surface area contributed by atoms with Gasteiger partial charge in [0.2, 0.25) is 0 Å². The minimum absolute atomic E-state index is 0.101. The Morgan fingerprint density at radius 2 is 1.96 bits per heavy atom. The van der Waals surface area contributed by atoms with Gasteiger partial charge in [0.25, 0.3) is 11.8 Å². The zero-order chi connectivity index (χ0) is 19.4. The Labute approximate surface area is 164 Å². The Bertz CT molecular complexity index is 843. The molecule has 6 nitrogen and oxygen atoms in total. The number of carbonyl (C=O) groups excluding carboxylic acids is 2. The number of imidazole rings is 1. The van der Waals surface area contributed by atoms with Crippen molar-refractivity contribution in [3.05, 3.63) is 52.1 Å². The molecule has 0 fully saturated rings. The van der Waals surface area contributed by atoms with E-state index in [4.69, 9.17) is 11.6 Å². The first-order valence-corrected chi connectivity index (χ1v) is 9.84. The summed E-state index contributed by atoms with van der Waals surface area (Å²) in [6.45, 7) is 6.16. The van der Waals surface area contributed by atoms with Crippen molar-refractivity contribution >= 4 is 23.4 Å². The van der Waals surface area contributed by atoms with E-state index in [0.29, 0.717) is 42.7 Å². The van der Waals surface area contributed by atoms with Gasteiger partial charge in [0.05, 0.1) is 5.69 Å². The van der Waals surface area contributed by atoms with E-state index in [1.54, 1.807) is 11.0 Å². The predicted octanol–water partition coefficient (Wildman–Crippen LogP) is 3.28. The molecule has 0 saturated carbocycles. The quantitative estimate of drug-likeness (QED) is 0.825. The molecule has 27 heavy (non-hydrogen) atoms. The molecule has 0 atom stereocenters. The first kappa shape index (κ1) is 19.4. The predicted molar refractivity (Wildman–Crippen MR) is 105 cm³/mol. The number of nitrogens with one attached hydrogen (secondary N) is 1. The number of nitrogens with zero attached hydrogens (tertiary/aromatic N) is 3. The van der Waals surface area contributed by atoms with E-state index in [1.807, 2.05) is 36.6 Å². The van der Waals surface area contributed by atoms with Gasteiger partial charge in [-0.15, -0.1) is 0 Å². The van der Waals surface area contributed by atoms with Crippen LogP contribution in [0.25, 0.3) is 0 Å². The van der Waals surface area contributed by atoms with E-state index in [1.165, 1.54) is 0 Å². The van der Waals surface area contributed by atoms with Crippen LogP contribution in [0, 0.1) is 0 Å². The lowest BCUT2D eigenvalue weighted by atomic mass is 10.1. The molecule has 0 radical (unpaired) electrons. The standard InChI is InChI=1S/C20H25ClN4O2/c1-3-24(4-2)20(27)17-16-11-7-8-12-25(16)18(23-17)19(26)22-13-14-9-5-6-10-15(14)21/h5-6,9-10H,3-4,7-8,11-13H2,1-2H3,(H,22,26). The zero-order valence-corrected chi connectivity index (χ0v) is 16.6. The number of rotatable bonds is 6. The summed E-state index contributed by atoms with van der Waals surface area (Å²) in [5.74, 6) is -0.0697. The molecule has 144 valence electrons. The van der Waals surface area contributed by atoms with Crippen LogP contribution >= 0.6 is 11.6 Å². The van der Waals surface area contributed by atoms with E-state index >= 15 is 0 Å². The lowest BCUT2D eigenvalue weighted by Gasteiger charge is -2.20. The summed E-state index contributed by atoms with van der Waals surface area (Å²) in [4.78, 5) is 31.8. The average molecular weight is 389 g/mol. The molecule has 0 aliphatic carbocycles. The second kappa shape index (κ2) is 8.57. The molecule has 7 heteroatoms. The Hall–Kier alpha value is -2.34. The van der Waals surface area contributed by atoms with Crippen LogP contribution < -0.4 is 5.32 Å². The highest BCUT2D eigenvalue weighted by Gasteiger charge is 2.29. The summed E-state index contributed by atoms with van der Waals surface area (Å²) >= 11 is 6.16. The lowest BCUT2D eigenvalue weighted by molar-refractivity contribution is 0.0766. The van der Waals surface area contributed by atoms with E-state index in [9.17, 15) is 9.59 Å². The minimum Gasteiger partial charge on any atom is -0.345 e. The highest BCUT2D eigenvalue weighted by atomic mass is 35.5. The zero-order valence-electron chi connectivity index (χ0n) is 15.8. The maximum absolute atomic E-state index is 12.8. The van der Waals surface area contributed by atoms with Crippen LogP contribution in [0.3, 0.4) is 0 Å². The highest BCUT2D eigenvalue weighted by Crippen LogP contribution is 2.22. The second-order valence-corrected chi connectivity index (χ2v) is 7.00. The third-order valence-electron chi connectivity index (χ3n) is 4.97. The van der Waals surface area contributed by atoms with Gasteiger partial charge in [0.15, 0.2) is 5.82 Å². The Balaban J connectivity index is 1.85. The number of aromatic nitrogens is 2. The third-order valence-corrected chi connectivity index (χ3v) is 5.34. The van der Waals surface area contributed by atoms with Crippen LogP contribution in [-0.2, 0) is 19.5 Å². The molecular formula is C20H25ClN4O2. The summed E-state index contributed by atoms with van der Waals surface area (Å²) in [5.41, 5.74) is 2.14. The van der Waals surface area contributed by atoms with Crippen molar-refractivity contribution in [3.8, 4) is 0 Å². The molecule has 3 rings (SSSR count). The van der Waals surface area contributed by atoms with Gasteiger partial charge in [-0.1, -0.05) is 29.8 Å². The van der Waals surface area contributed by atoms with Gasteiger partial charge < -0.3 is 14.8 Å². The molecule has 2 amide bonds. The van der Waals surface area contributed by atoms with Crippen molar-refractivity contribution < 1.29 is 9.59 Å². The summed E-state index contributed by atoms with van der Waals surface area (Å²) in [5, 5.41) is 3.50. The topological polar surface area (TPSA) is 67.2 Å². The molecule has 0 unspecified atom stereocenters. The van der Waals surface area contributed by atoms with Gasteiger partial charge in [-0.2, -0.15) is 0 Å². The highest BCUT2D eigenvalue weighted by molar-refractivity contribution is 6.31. The van der Waals surface area contributed by atoms with Crippen LogP contribution in [0.4, 0.5) is 0 Å². The maximum Gasteiger partial charge on any atom is 0.287 e. The van der Waals surface area contributed by atoms with E-state index in [2.05, 4.69) is 10.3 Å². The lowest BCUT2D eigenvalue weighted by Crippen LogP contribution is -2.31. The summed E-state index contributed by atoms with van der Waals surface area (Å²) < 4.78 is 1.90. The minimum atomic E-state index is -0.281. The number of amides is 2. The summed E-state index contributed by atoms with van der Waals surface area (Å²) in [6.07, 6.45) is 2.76. The van der Waals surface area contributed by atoms with Crippen LogP contribution in [0.2, 0.25) is 5.02 Å². The van der Waals surface area contributed by atoms with Crippen LogP contribution in [0.1, 0.15) is 59.1 Å². The molecule has 1 aliphatic heterocycles. The van der Waals surface area contributed by atoms with Crippen molar-refractivity contribution in [1.29, 1.82) is 0 Å². The number of hydrogen-bond donors (Lipinski definition) is 1. The van der Waals surface area contributed by atoms with E-state index in [0.717, 1.165) is 30.5 Å². The molecule has 0 bridgehead atoms. The molecule has 1 N–H and O–H groups in total. The van der Waals surface area contributed by atoms with Crippen molar-refractivity contribution in [2.75, 3.05) is 13.1 Å². The van der Waals surface area contributed by atoms with Crippen molar-refractivity contribution in [2.24, 2.45) is 0 Å². The first-order valence-electron chi connectivity index (χ1n) is 9.47. The average Bonchev–Trinajstić information content (AvgIpc) is 3.08. The van der Waals surface area contributed by atoms with Gasteiger partial charge in [-0.25, -0.2) is 4.98 Å². The number of carbonyl (C=O) groups is 2. The molecule has 0 spiro atoms. The maximum atomic E-state index is 12.8. The molecule has 2 heterocycles. The van der Waals surface area contributed by atoms with Gasteiger partial charge in [0.1, 0.15) is 5.69 Å². The molecule has 1 aromatic carbocycles. The fourth-order valence-electron chi connectivity index (χ4n) is 3.44. The molecule has 1 aromatic heterocycles. The van der Waals surface area contributed by atoms with E-state index in [-0.39, 0.29) is 11.8 Å². The summed E-state index contributed by atoms with van der Waals surface area (Å²) in [7, 11) is 0. The largest absolute Gasteiger partial charge is 0.345 e. The van der Waals surface area contributed by atoms with Gasteiger partial charge >= 0.3 is 0 Å². The van der Waals surface area contributed by atoms with Crippen LogP contribution in [0.15, 0.2) is 24.3 Å². The van der Waals surface area contributed by atoms with Gasteiger partial charge in [0, 0.05) is 31.2 Å². The molecular weight excluding hydrogens is 364 g/mol. The van der Waals surface area contributed by atoms with Crippen LogP contribution in [-0.4, -0.2) is 39.4 Å². The fraction of sp³-hybridized carbons (Fsp3) is 0.450. The number of fused-ring (bicyclic) bond motifs is 1. The van der Waals surface area contributed by atoms with Gasteiger partial charge in [-0.05, 0) is 44.7 Å². The first-order chi connectivity index (χ1) is 13.1. The summed E-state index contributed by atoms with van der Waals surface area (Å²) in [6, 6.07) is 7.40. The van der Waals surface area contributed by atoms with Crippen molar-refractivity contribution in [3.63, 3.8) is 0 Å². The Morgan fingerprint density at radius 1 is 1.22 bits per heavy atom. The Kier molecular flexibility index (Phi) is 6.16. The SMILES string of the molecule is CCN(CC)C(=O)c1nc(C(=O)NCc2ccccc2Cl)n2c1CCCC2. The molecule has 1 aliphatic rings. The smallest absolute Gasteiger partial charge is 0.287 e. The van der Waals surface area contributed by atoms with Crippen molar-refractivity contribution in [2.45, 2.75) is 46.2 Å². The normalized spacial score (nSPS) is 13.1. The fourth-order valence-corrected chi connectivity index (χ4v) is 3.65. The number of benzene rings is 1.